The molecule has 0 aliphatic heterocycles. The fourth-order valence-electron chi connectivity index (χ4n) is 2.02. The van der Waals surface area contributed by atoms with Gasteiger partial charge in [-0.2, -0.15) is 0 Å². The molecule has 0 fully saturated rings. The standard InChI is InChI=1S/C16H22ClNO4/c1-15(2,3)22-14(21)18-10-6-7-12(17)11(8-10)16(4,5)9-13(19)20/h6-8H,9H2,1-5H3,(H,18,21)(H,19,20). The zero-order valence-corrected chi connectivity index (χ0v) is 14.2. The van der Waals surface area contributed by atoms with Gasteiger partial charge in [0.2, 0.25) is 0 Å². The minimum absolute atomic E-state index is 0.0669. The predicted molar refractivity (Wildman–Crippen MR) is 86.6 cm³/mol. The number of carboxylic acid groups (broad SMARTS) is 1. The van der Waals surface area contributed by atoms with Gasteiger partial charge in [0.1, 0.15) is 5.60 Å². The molecule has 0 aromatic heterocycles. The maximum atomic E-state index is 11.8. The third-order valence-corrected chi connectivity index (χ3v) is 3.26. The predicted octanol–water partition coefficient (Wildman–Crippen LogP) is 4.44. The molecule has 6 heteroatoms. The monoisotopic (exact) mass is 327 g/mol. The number of rotatable bonds is 4. The van der Waals surface area contributed by atoms with Crippen LogP contribution >= 0.6 is 11.6 Å². The molecular formula is C16H22ClNO4. The first-order chi connectivity index (χ1) is 9.90. The van der Waals surface area contributed by atoms with Crippen molar-refractivity contribution in [1.82, 2.24) is 0 Å². The molecule has 0 heterocycles. The van der Waals surface area contributed by atoms with Crippen LogP contribution in [0.15, 0.2) is 18.2 Å². The quantitative estimate of drug-likeness (QED) is 0.857. The van der Waals surface area contributed by atoms with Gasteiger partial charge in [-0.1, -0.05) is 25.4 Å². The van der Waals surface area contributed by atoms with E-state index in [1.165, 1.54) is 0 Å². The Bertz CT molecular complexity index is 576. The first kappa shape index (κ1) is 18.3. The zero-order chi connectivity index (χ0) is 17.1. The largest absolute Gasteiger partial charge is 0.481 e. The SMILES string of the molecule is CC(C)(C)OC(=O)Nc1ccc(Cl)c(C(C)(C)CC(=O)O)c1. The Labute approximate surface area is 135 Å². The van der Waals surface area contributed by atoms with Crippen molar-refractivity contribution in [2.45, 2.75) is 52.1 Å². The summed E-state index contributed by atoms with van der Waals surface area (Å²) in [6.07, 6.45) is -0.639. The topological polar surface area (TPSA) is 75.6 Å². The number of hydrogen-bond donors (Lipinski definition) is 2. The highest BCUT2D eigenvalue weighted by Gasteiger charge is 2.27. The summed E-state index contributed by atoms with van der Waals surface area (Å²) in [6, 6.07) is 4.95. The number of amides is 1. The second-order valence-corrected chi connectivity index (χ2v) is 7.18. The Balaban J connectivity index is 3.00. The average molecular weight is 328 g/mol. The summed E-state index contributed by atoms with van der Waals surface area (Å²) < 4.78 is 5.18. The van der Waals surface area contributed by atoms with Crippen molar-refractivity contribution in [1.29, 1.82) is 0 Å². The molecule has 0 unspecified atom stereocenters. The normalized spacial score (nSPS) is 11.9. The van der Waals surface area contributed by atoms with Crippen LogP contribution in [-0.4, -0.2) is 22.8 Å². The fraction of sp³-hybridized carbons (Fsp3) is 0.500. The molecule has 1 aromatic carbocycles. The molecule has 0 spiro atoms. The lowest BCUT2D eigenvalue weighted by Gasteiger charge is -2.25. The van der Waals surface area contributed by atoms with Crippen molar-refractivity contribution < 1.29 is 19.4 Å². The third-order valence-electron chi connectivity index (χ3n) is 2.93. The highest BCUT2D eigenvalue weighted by atomic mass is 35.5. The number of carboxylic acids is 1. The van der Waals surface area contributed by atoms with E-state index in [0.29, 0.717) is 16.3 Å². The molecule has 0 saturated carbocycles. The average Bonchev–Trinajstić information content (AvgIpc) is 2.27. The lowest BCUT2D eigenvalue weighted by atomic mass is 9.81. The van der Waals surface area contributed by atoms with Crippen LogP contribution in [0.5, 0.6) is 0 Å². The van der Waals surface area contributed by atoms with Gasteiger partial charge >= 0.3 is 12.1 Å². The summed E-state index contributed by atoms with van der Waals surface area (Å²) in [7, 11) is 0. The van der Waals surface area contributed by atoms with Gasteiger partial charge in [-0.25, -0.2) is 4.79 Å². The van der Waals surface area contributed by atoms with E-state index in [-0.39, 0.29) is 6.42 Å². The van der Waals surface area contributed by atoms with Crippen LogP contribution in [0.25, 0.3) is 0 Å². The van der Waals surface area contributed by atoms with Crippen molar-refractivity contribution in [3.8, 4) is 0 Å². The van der Waals surface area contributed by atoms with E-state index < -0.39 is 23.1 Å². The van der Waals surface area contributed by atoms with E-state index >= 15 is 0 Å². The number of benzene rings is 1. The van der Waals surface area contributed by atoms with Gasteiger partial charge < -0.3 is 9.84 Å². The fourth-order valence-corrected chi connectivity index (χ4v) is 2.39. The molecule has 2 N–H and O–H groups in total. The summed E-state index contributed by atoms with van der Waals surface area (Å²) in [5.74, 6) is -0.911. The maximum Gasteiger partial charge on any atom is 0.412 e. The molecule has 0 saturated heterocycles. The minimum Gasteiger partial charge on any atom is -0.481 e. The van der Waals surface area contributed by atoms with E-state index in [2.05, 4.69) is 5.32 Å². The molecule has 1 rings (SSSR count). The van der Waals surface area contributed by atoms with Crippen LogP contribution in [0.4, 0.5) is 10.5 Å². The molecule has 0 aliphatic carbocycles. The molecule has 5 nitrogen and oxygen atoms in total. The van der Waals surface area contributed by atoms with Crippen molar-refractivity contribution in [3.05, 3.63) is 28.8 Å². The first-order valence-electron chi connectivity index (χ1n) is 6.92. The summed E-state index contributed by atoms with van der Waals surface area (Å²) >= 11 is 6.17. The number of nitrogens with one attached hydrogen (secondary N) is 1. The Morgan fingerprint density at radius 1 is 1.23 bits per heavy atom. The number of hydrogen-bond acceptors (Lipinski definition) is 3. The third kappa shape index (κ3) is 5.56. The maximum absolute atomic E-state index is 11.8. The lowest BCUT2D eigenvalue weighted by molar-refractivity contribution is -0.138. The molecule has 1 amide bonds. The van der Waals surface area contributed by atoms with Gasteiger partial charge in [-0.15, -0.1) is 0 Å². The van der Waals surface area contributed by atoms with Gasteiger partial charge in [0.05, 0.1) is 6.42 Å². The van der Waals surface area contributed by atoms with Gasteiger partial charge in [0.15, 0.2) is 0 Å². The van der Waals surface area contributed by atoms with Crippen LogP contribution in [-0.2, 0) is 14.9 Å². The van der Waals surface area contributed by atoms with Gasteiger partial charge in [-0.3, -0.25) is 10.1 Å². The highest BCUT2D eigenvalue weighted by Crippen LogP contribution is 2.34. The summed E-state index contributed by atoms with van der Waals surface area (Å²) in [5, 5.41) is 12.1. The van der Waals surface area contributed by atoms with Crippen LogP contribution in [0, 0.1) is 0 Å². The Morgan fingerprint density at radius 2 is 1.82 bits per heavy atom. The van der Waals surface area contributed by atoms with Crippen molar-refractivity contribution >= 4 is 29.4 Å². The van der Waals surface area contributed by atoms with Gasteiger partial charge in [0.25, 0.3) is 0 Å². The number of anilines is 1. The Kier molecular flexibility index (Phi) is 5.46. The van der Waals surface area contributed by atoms with E-state index in [1.807, 2.05) is 0 Å². The highest BCUT2D eigenvalue weighted by molar-refractivity contribution is 6.31. The van der Waals surface area contributed by atoms with E-state index in [0.717, 1.165) is 0 Å². The second kappa shape index (κ2) is 6.57. The molecule has 0 radical (unpaired) electrons. The van der Waals surface area contributed by atoms with Gasteiger partial charge in [-0.05, 0) is 44.5 Å². The zero-order valence-electron chi connectivity index (χ0n) is 13.5. The van der Waals surface area contributed by atoms with Crippen LogP contribution in [0.1, 0.15) is 46.6 Å². The molecule has 122 valence electrons. The number of aliphatic carboxylic acids is 1. The Morgan fingerprint density at radius 3 is 2.32 bits per heavy atom. The summed E-state index contributed by atoms with van der Waals surface area (Å²) in [5.41, 5.74) is -0.0894. The minimum atomic E-state index is -0.911. The molecule has 1 aromatic rings. The van der Waals surface area contributed by atoms with E-state index in [1.54, 1.807) is 52.8 Å². The number of halogens is 1. The summed E-state index contributed by atoms with van der Waals surface area (Å²) in [6.45, 7) is 8.90. The number of carbonyl (C=O) groups is 2. The molecular weight excluding hydrogens is 306 g/mol. The Hall–Kier alpha value is -1.75. The lowest BCUT2D eigenvalue weighted by Crippen LogP contribution is -2.27. The van der Waals surface area contributed by atoms with Gasteiger partial charge in [0, 0.05) is 16.1 Å². The second-order valence-electron chi connectivity index (χ2n) is 6.78. The smallest absolute Gasteiger partial charge is 0.412 e. The van der Waals surface area contributed by atoms with Crippen LogP contribution in [0.3, 0.4) is 0 Å². The van der Waals surface area contributed by atoms with Crippen molar-refractivity contribution in [2.75, 3.05) is 5.32 Å². The number of ether oxygens (including phenoxy) is 1. The number of carbonyl (C=O) groups excluding carboxylic acids is 1. The van der Waals surface area contributed by atoms with Crippen LogP contribution in [0.2, 0.25) is 5.02 Å². The van der Waals surface area contributed by atoms with Crippen LogP contribution < -0.4 is 5.32 Å². The van der Waals surface area contributed by atoms with Crippen molar-refractivity contribution in [2.24, 2.45) is 0 Å². The van der Waals surface area contributed by atoms with E-state index in [4.69, 9.17) is 21.4 Å². The molecule has 22 heavy (non-hydrogen) atoms. The molecule has 0 atom stereocenters. The molecule has 0 bridgehead atoms. The first-order valence-corrected chi connectivity index (χ1v) is 7.30. The van der Waals surface area contributed by atoms with E-state index in [9.17, 15) is 9.59 Å². The molecule has 0 aliphatic rings. The summed E-state index contributed by atoms with van der Waals surface area (Å²) in [4.78, 5) is 22.8. The van der Waals surface area contributed by atoms with Crippen molar-refractivity contribution in [3.63, 3.8) is 0 Å².